The Morgan fingerprint density at radius 2 is 0.564 bits per heavy atom. The maximum Gasteiger partial charge on any atom is 0.146 e. The molecule has 0 fully saturated rings. The number of rotatable bonds is 38. The van der Waals surface area contributed by atoms with Crippen molar-refractivity contribution >= 4 is 22.8 Å². The first-order valence-corrected chi connectivity index (χ1v) is 20.5. The molecule has 0 radical (unpaired) electrons. The minimum absolute atomic E-state index is 0.105. The number of ether oxygens (including phenoxy) is 9. The molecule has 0 amide bonds. The van der Waals surface area contributed by atoms with Crippen molar-refractivity contribution in [3.8, 4) is 0 Å². The van der Waals surface area contributed by atoms with Crippen LogP contribution in [0.25, 0.3) is 0 Å². The van der Waals surface area contributed by atoms with E-state index in [1.54, 1.807) is 0 Å². The fourth-order valence-corrected chi connectivity index (χ4v) is 4.25. The topological polar surface area (TPSA) is 133 Å². The van der Waals surface area contributed by atoms with Gasteiger partial charge in [0.15, 0.2) is 0 Å². The van der Waals surface area contributed by atoms with E-state index in [2.05, 4.69) is 96.1 Å². The van der Waals surface area contributed by atoms with E-state index in [-0.39, 0.29) is 6.79 Å². The van der Waals surface area contributed by atoms with E-state index in [4.69, 9.17) is 42.6 Å². The van der Waals surface area contributed by atoms with E-state index >= 15 is 0 Å². The summed E-state index contributed by atoms with van der Waals surface area (Å²) >= 11 is 0. The standard InChI is InChI=1S/C42H82N4O9/c1-34(2)38(9)43-13-17-47-21-25-51-29-42(30-52-26-22-48-18-14-44-39(10)35(3)4,31-53-27-23-49-19-15-45-40(11)36(5)6)32-55-33-54-28-24-50-20-16-46-41(12)37(7)8/h34-37H,13-33H2,1-12H3. The van der Waals surface area contributed by atoms with Crippen LogP contribution in [0, 0.1) is 29.1 Å². The van der Waals surface area contributed by atoms with Crippen molar-refractivity contribution in [3.63, 3.8) is 0 Å². The zero-order valence-electron chi connectivity index (χ0n) is 37.1. The van der Waals surface area contributed by atoms with E-state index in [1.807, 2.05) is 6.92 Å². The molecule has 0 N–H and O–H groups in total. The van der Waals surface area contributed by atoms with Crippen LogP contribution in [-0.2, 0) is 42.6 Å². The Hall–Kier alpha value is -1.68. The van der Waals surface area contributed by atoms with Crippen LogP contribution in [0.1, 0.15) is 83.1 Å². The molecule has 0 aromatic carbocycles. The van der Waals surface area contributed by atoms with E-state index in [0.29, 0.717) is 156 Å². The first-order valence-electron chi connectivity index (χ1n) is 20.5. The molecule has 55 heavy (non-hydrogen) atoms. The highest BCUT2D eigenvalue weighted by molar-refractivity contribution is 5.84. The molecule has 13 heteroatoms. The Morgan fingerprint density at radius 3 is 0.836 bits per heavy atom. The van der Waals surface area contributed by atoms with Gasteiger partial charge in [0.2, 0.25) is 0 Å². The van der Waals surface area contributed by atoms with Gasteiger partial charge in [-0.1, -0.05) is 55.4 Å². The molecule has 0 aromatic heterocycles. The number of hydrogen-bond donors (Lipinski definition) is 0. The molecule has 0 aromatic rings. The molecule has 0 aliphatic heterocycles. The molecule has 0 atom stereocenters. The second-order valence-electron chi connectivity index (χ2n) is 15.2. The van der Waals surface area contributed by atoms with Crippen LogP contribution in [0.2, 0.25) is 0 Å². The van der Waals surface area contributed by atoms with Gasteiger partial charge in [0.25, 0.3) is 0 Å². The predicted octanol–water partition coefficient (Wildman–Crippen LogP) is 6.55. The van der Waals surface area contributed by atoms with Crippen LogP contribution in [0.3, 0.4) is 0 Å². The summed E-state index contributed by atoms with van der Waals surface area (Å²) in [5.74, 6) is 1.75. The molecular formula is C42H82N4O9. The van der Waals surface area contributed by atoms with Crippen molar-refractivity contribution in [2.75, 3.05) is 139 Å². The molecule has 0 bridgehead atoms. The highest BCUT2D eigenvalue weighted by Crippen LogP contribution is 2.21. The van der Waals surface area contributed by atoms with Crippen molar-refractivity contribution < 1.29 is 42.6 Å². The van der Waals surface area contributed by atoms with Gasteiger partial charge in [0.05, 0.1) is 137 Å². The fraction of sp³-hybridized carbons (Fsp3) is 0.905. The van der Waals surface area contributed by atoms with Gasteiger partial charge in [0.1, 0.15) is 6.79 Å². The summed E-state index contributed by atoms with van der Waals surface area (Å²) in [7, 11) is 0. The summed E-state index contributed by atoms with van der Waals surface area (Å²) in [5, 5.41) is 0. The van der Waals surface area contributed by atoms with Gasteiger partial charge in [-0.2, -0.15) is 0 Å². The van der Waals surface area contributed by atoms with Crippen LogP contribution >= 0.6 is 0 Å². The van der Waals surface area contributed by atoms with E-state index in [1.165, 1.54) is 0 Å². The lowest BCUT2D eigenvalue weighted by Gasteiger charge is -2.33. The zero-order valence-corrected chi connectivity index (χ0v) is 37.1. The summed E-state index contributed by atoms with van der Waals surface area (Å²) < 4.78 is 53.4. The Labute approximate surface area is 335 Å². The van der Waals surface area contributed by atoms with Crippen LogP contribution in [0.15, 0.2) is 20.0 Å². The summed E-state index contributed by atoms with van der Waals surface area (Å²) in [5.41, 5.74) is 3.91. The van der Waals surface area contributed by atoms with Crippen LogP contribution in [0.5, 0.6) is 0 Å². The Morgan fingerprint density at radius 1 is 0.327 bits per heavy atom. The Bertz CT molecular complexity index is 939. The minimum Gasteiger partial charge on any atom is -0.378 e. The van der Waals surface area contributed by atoms with Gasteiger partial charge in [-0.3, -0.25) is 20.0 Å². The molecule has 0 unspecified atom stereocenters. The van der Waals surface area contributed by atoms with Crippen LogP contribution in [-0.4, -0.2) is 162 Å². The molecule has 0 saturated carbocycles. The Balaban J connectivity index is 5.23. The van der Waals surface area contributed by atoms with Crippen molar-refractivity contribution in [1.29, 1.82) is 0 Å². The highest BCUT2D eigenvalue weighted by atomic mass is 16.7. The molecule has 324 valence electrons. The van der Waals surface area contributed by atoms with Crippen LogP contribution in [0.4, 0.5) is 0 Å². The van der Waals surface area contributed by atoms with Crippen molar-refractivity contribution in [1.82, 2.24) is 0 Å². The van der Waals surface area contributed by atoms with Crippen molar-refractivity contribution in [2.45, 2.75) is 83.1 Å². The lowest BCUT2D eigenvalue weighted by atomic mass is 9.92. The highest BCUT2D eigenvalue weighted by Gasteiger charge is 2.32. The van der Waals surface area contributed by atoms with Gasteiger partial charge < -0.3 is 42.6 Å². The van der Waals surface area contributed by atoms with Crippen LogP contribution < -0.4 is 0 Å². The monoisotopic (exact) mass is 787 g/mol. The van der Waals surface area contributed by atoms with Gasteiger partial charge in [-0.15, -0.1) is 0 Å². The average molecular weight is 787 g/mol. The number of hydrogen-bond acceptors (Lipinski definition) is 13. The lowest BCUT2D eigenvalue weighted by Crippen LogP contribution is -2.42. The second kappa shape index (κ2) is 35.5. The van der Waals surface area contributed by atoms with Gasteiger partial charge >= 0.3 is 0 Å². The molecule has 0 saturated heterocycles. The maximum atomic E-state index is 6.17. The van der Waals surface area contributed by atoms with Crippen molar-refractivity contribution in [2.24, 2.45) is 49.1 Å². The number of nitrogens with zero attached hydrogens (tertiary/aromatic N) is 4. The zero-order chi connectivity index (χ0) is 41.2. The van der Waals surface area contributed by atoms with Gasteiger partial charge in [-0.25, -0.2) is 0 Å². The molecule has 0 rings (SSSR count). The minimum atomic E-state index is -0.609. The van der Waals surface area contributed by atoms with E-state index in [0.717, 1.165) is 22.8 Å². The van der Waals surface area contributed by atoms with Crippen molar-refractivity contribution in [3.05, 3.63) is 0 Å². The fourth-order valence-electron chi connectivity index (χ4n) is 4.25. The lowest BCUT2D eigenvalue weighted by molar-refractivity contribution is -0.147. The number of aliphatic imine (C=N–C) groups is 4. The normalized spacial score (nSPS) is 14.7. The predicted molar refractivity (Wildman–Crippen MR) is 226 cm³/mol. The van der Waals surface area contributed by atoms with E-state index in [9.17, 15) is 0 Å². The summed E-state index contributed by atoms with van der Waals surface area (Å²) in [6.07, 6.45) is 0. The first-order chi connectivity index (χ1) is 26.3. The second-order valence-corrected chi connectivity index (χ2v) is 15.2. The molecule has 0 aliphatic carbocycles. The molecule has 13 nitrogen and oxygen atoms in total. The van der Waals surface area contributed by atoms with E-state index < -0.39 is 5.41 Å². The molecule has 0 heterocycles. The third-order valence-electron chi connectivity index (χ3n) is 9.02. The average Bonchev–Trinajstić information content (AvgIpc) is 3.14. The third kappa shape index (κ3) is 32.0. The summed E-state index contributed by atoms with van der Waals surface area (Å²) in [4.78, 5) is 18.2. The first kappa shape index (κ1) is 53.3. The summed E-state index contributed by atoms with van der Waals surface area (Å²) in [6.45, 7) is 35.0. The largest absolute Gasteiger partial charge is 0.378 e. The molecular weight excluding hydrogens is 704 g/mol. The third-order valence-corrected chi connectivity index (χ3v) is 9.02. The quantitative estimate of drug-likeness (QED) is 0.0389. The maximum absolute atomic E-state index is 6.17. The van der Waals surface area contributed by atoms with Gasteiger partial charge in [0, 0.05) is 22.8 Å². The smallest absolute Gasteiger partial charge is 0.146 e. The molecule has 0 spiro atoms. The SMILES string of the molecule is CC(=NCCOCCOCOCC(COCCOCCN=C(C)C(C)C)(COCCOCCN=C(C)C(C)C)COCCOCCN=C(C)C(C)C)C(C)C. The Kier molecular flexibility index (Phi) is 34.4. The van der Waals surface area contributed by atoms with Gasteiger partial charge in [-0.05, 0) is 51.4 Å². The summed E-state index contributed by atoms with van der Waals surface area (Å²) in [6, 6.07) is 0. The molecule has 0 aliphatic rings.